The van der Waals surface area contributed by atoms with E-state index < -0.39 is 15.9 Å². The van der Waals surface area contributed by atoms with E-state index in [1.54, 1.807) is 6.20 Å². The number of nitrogens with one attached hydrogen (secondary N) is 2. The van der Waals surface area contributed by atoms with E-state index in [0.717, 1.165) is 28.0 Å². The fourth-order valence-corrected chi connectivity index (χ4v) is 6.44. The van der Waals surface area contributed by atoms with Crippen LogP contribution in [0, 0.1) is 13.8 Å². The average Bonchev–Trinajstić information content (AvgIpc) is 3.52. The Hall–Kier alpha value is -2.42. The zero-order valence-electron chi connectivity index (χ0n) is 17.2. The van der Waals surface area contributed by atoms with Gasteiger partial charge >= 0.3 is 0 Å². The number of sulfonamides is 1. The monoisotopic (exact) mass is 618 g/mol. The number of carbonyl (C=O) groups excluding carboxylic acids is 1. The molecule has 4 rings (SSSR count). The molecule has 0 aliphatic carbocycles. The molecule has 1 aromatic carbocycles. The summed E-state index contributed by atoms with van der Waals surface area (Å²) in [5.41, 5.74) is 3.31. The SMILES string of the molecule is Cc1cc(-c2ncco2)cc(C)c1NC(=O)c1sccc1S(=O)(=O)Nc1onc(CI)c1Cl. The van der Waals surface area contributed by atoms with E-state index in [4.69, 9.17) is 20.5 Å². The second-order valence-electron chi connectivity index (χ2n) is 6.90. The molecule has 0 unspecified atom stereocenters. The first-order chi connectivity index (χ1) is 15.7. The van der Waals surface area contributed by atoms with E-state index in [1.807, 2.05) is 48.6 Å². The summed E-state index contributed by atoms with van der Waals surface area (Å²) in [6.45, 7) is 3.67. The average molecular weight is 619 g/mol. The summed E-state index contributed by atoms with van der Waals surface area (Å²) in [5.74, 6) is -0.291. The van der Waals surface area contributed by atoms with Gasteiger partial charge in [0.1, 0.15) is 26.8 Å². The Morgan fingerprint density at radius 3 is 2.61 bits per heavy atom. The number of benzene rings is 1. The first kappa shape index (κ1) is 23.7. The summed E-state index contributed by atoms with van der Waals surface area (Å²) < 4.78 is 39.0. The third kappa shape index (κ3) is 4.78. The summed E-state index contributed by atoms with van der Waals surface area (Å²) >= 11 is 9.15. The number of alkyl halides is 1. The quantitative estimate of drug-likeness (QED) is 0.202. The third-order valence-corrected chi connectivity index (χ3v) is 8.16. The molecule has 0 atom stereocenters. The molecule has 0 bridgehead atoms. The molecular formula is C20H16ClIN4O5S2. The van der Waals surface area contributed by atoms with Crippen molar-refractivity contribution in [3.63, 3.8) is 0 Å². The van der Waals surface area contributed by atoms with Crippen LogP contribution in [-0.4, -0.2) is 24.5 Å². The fraction of sp³-hybridized carbons (Fsp3) is 0.150. The molecule has 0 aliphatic rings. The van der Waals surface area contributed by atoms with Gasteiger partial charge in [-0.15, -0.1) is 11.3 Å². The molecule has 0 saturated carbocycles. The molecule has 1 amide bonds. The van der Waals surface area contributed by atoms with Crippen LogP contribution in [-0.2, 0) is 14.5 Å². The molecule has 9 nitrogen and oxygen atoms in total. The molecule has 0 aliphatic heterocycles. The molecular weight excluding hydrogens is 603 g/mol. The number of aromatic nitrogens is 2. The summed E-state index contributed by atoms with van der Waals surface area (Å²) in [4.78, 5) is 17.0. The van der Waals surface area contributed by atoms with E-state index >= 15 is 0 Å². The predicted molar refractivity (Wildman–Crippen MR) is 134 cm³/mol. The minimum absolute atomic E-state index is 0.0165. The van der Waals surface area contributed by atoms with Crippen LogP contribution in [0.15, 0.2) is 49.9 Å². The van der Waals surface area contributed by atoms with Crippen LogP contribution < -0.4 is 10.0 Å². The highest BCUT2D eigenvalue weighted by Crippen LogP contribution is 2.32. The molecule has 4 aromatic rings. The lowest BCUT2D eigenvalue weighted by molar-refractivity contribution is 0.102. The van der Waals surface area contributed by atoms with Gasteiger partial charge in [-0.3, -0.25) is 4.79 Å². The number of aryl methyl sites for hydroxylation is 2. The van der Waals surface area contributed by atoms with E-state index in [2.05, 4.69) is 20.2 Å². The summed E-state index contributed by atoms with van der Waals surface area (Å²) in [6.07, 6.45) is 3.04. The minimum Gasteiger partial charge on any atom is -0.445 e. The molecule has 0 saturated heterocycles. The van der Waals surface area contributed by atoms with Crippen LogP contribution in [0.5, 0.6) is 0 Å². The van der Waals surface area contributed by atoms with Gasteiger partial charge < -0.3 is 14.3 Å². The highest BCUT2D eigenvalue weighted by atomic mass is 127. The molecule has 3 heterocycles. The Kier molecular flexibility index (Phi) is 6.79. The van der Waals surface area contributed by atoms with Crippen molar-refractivity contribution in [1.82, 2.24) is 10.1 Å². The summed E-state index contributed by atoms with van der Waals surface area (Å²) in [7, 11) is -4.15. The summed E-state index contributed by atoms with van der Waals surface area (Å²) in [5, 5.41) is 8.15. The second-order valence-corrected chi connectivity index (χ2v) is 10.6. The molecule has 0 fully saturated rings. The van der Waals surface area contributed by atoms with Crippen molar-refractivity contribution in [1.29, 1.82) is 0 Å². The molecule has 0 radical (unpaired) electrons. The Morgan fingerprint density at radius 1 is 1.27 bits per heavy atom. The third-order valence-electron chi connectivity index (χ3n) is 4.63. The van der Waals surface area contributed by atoms with Gasteiger partial charge in [0.25, 0.3) is 21.8 Å². The Morgan fingerprint density at radius 2 is 2.00 bits per heavy atom. The van der Waals surface area contributed by atoms with Crippen molar-refractivity contribution in [3.8, 4) is 11.5 Å². The number of amides is 1. The lowest BCUT2D eigenvalue weighted by Gasteiger charge is -2.13. The lowest BCUT2D eigenvalue weighted by atomic mass is 10.0. The standard InChI is InChI=1S/C20H16ClIN4O5S2/c1-10-7-12(19-23-4-5-30-19)8-11(2)16(10)24-18(27)17-14(3-6-32-17)33(28,29)26-20-15(21)13(9-22)25-31-20/h3-8,26H,9H2,1-2H3,(H,24,27). The first-order valence-corrected chi connectivity index (χ1v) is 13.6. The highest BCUT2D eigenvalue weighted by Gasteiger charge is 2.27. The number of hydrogen-bond acceptors (Lipinski definition) is 8. The van der Waals surface area contributed by atoms with Crippen molar-refractivity contribution in [2.24, 2.45) is 0 Å². The van der Waals surface area contributed by atoms with Gasteiger partial charge in [-0.1, -0.05) is 39.3 Å². The number of nitrogens with zero attached hydrogens (tertiary/aromatic N) is 2. The minimum atomic E-state index is -4.15. The molecule has 3 aromatic heterocycles. The van der Waals surface area contributed by atoms with Crippen LogP contribution in [0.3, 0.4) is 0 Å². The number of thiophene rings is 1. The summed E-state index contributed by atoms with van der Waals surface area (Å²) in [6, 6.07) is 5.01. The van der Waals surface area contributed by atoms with Crippen LogP contribution in [0.2, 0.25) is 5.02 Å². The molecule has 0 spiro atoms. The number of anilines is 2. The van der Waals surface area contributed by atoms with Gasteiger partial charge in [-0.25, -0.2) is 18.1 Å². The van der Waals surface area contributed by atoms with E-state index in [9.17, 15) is 13.2 Å². The Labute approximate surface area is 211 Å². The molecule has 2 N–H and O–H groups in total. The Balaban J connectivity index is 1.60. The zero-order valence-corrected chi connectivity index (χ0v) is 21.7. The van der Waals surface area contributed by atoms with Gasteiger partial charge in [0, 0.05) is 15.7 Å². The van der Waals surface area contributed by atoms with Crippen molar-refractivity contribution in [3.05, 3.63) is 62.8 Å². The Bertz CT molecular complexity index is 1410. The van der Waals surface area contributed by atoms with Crippen LogP contribution in [0.25, 0.3) is 11.5 Å². The van der Waals surface area contributed by atoms with Gasteiger partial charge in [0.05, 0.1) is 6.20 Å². The molecule has 172 valence electrons. The maximum Gasteiger partial charge on any atom is 0.267 e. The smallest absolute Gasteiger partial charge is 0.267 e. The van der Waals surface area contributed by atoms with Gasteiger partial charge in [0.2, 0.25) is 5.89 Å². The normalized spacial score (nSPS) is 11.5. The van der Waals surface area contributed by atoms with Crippen LogP contribution in [0.4, 0.5) is 11.6 Å². The van der Waals surface area contributed by atoms with Gasteiger partial charge in [-0.2, -0.15) is 0 Å². The van der Waals surface area contributed by atoms with Crippen LogP contribution >= 0.6 is 45.5 Å². The second kappa shape index (κ2) is 9.44. The zero-order chi connectivity index (χ0) is 23.8. The number of carbonyl (C=O) groups is 1. The molecule has 13 heteroatoms. The maximum atomic E-state index is 13.0. The number of halogens is 2. The lowest BCUT2D eigenvalue weighted by Crippen LogP contribution is -2.19. The topological polar surface area (TPSA) is 127 Å². The van der Waals surface area contributed by atoms with E-state index in [0.29, 0.717) is 21.7 Å². The fourth-order valence-electron chi connectivity index (χ4n) is 3.13. The van der Waals surface area contributed by atoms with E-state index in [1.165, 1.54) is 17.7 Å². The van der Waals surface area contributed by atoms with Gasteiger partial charge in [-0.05, 0) is 48.6 Å². The van der Waals surface area contributed by atoms with E-state index in [-0.39, 0.29) is 20.7 Å². The van der Waals surface area contributed by atoms with Crippen molar-refractivity contribution in [2.45, 2.75) is 23.2 Å². The first-order valence-electron chi connectivity index (χ1n) is 9.34. The largest absolute Gasteiger partial charge is 0.445 e. The van der Waals surface area contributed by atoms with Crippen LogP contribution in [0.1, 0.15) is 26.5 Å². The van der Waals surface area contributed by atoms with Crippen molar-refractivity contribution >= 4 is 73.0 Å². The van der Waals surface area contributed by atoms with Crippen molar-refractivity contribution < 1.29 is 22.2 Å². The number of rotatable bonds is 7. The highest BCUT2D eigenvalue weighted by molar-refractivity contribution is 14.1. The molecule has 33 heavy (non-hydrogen) atoms. The van der Waals surface area contributed by atoms with Gasteiger partial charge in [0.15, 0.2) is 0 Å². The number of hydrogen-bond donors (Lipinski definition) is 2. The number of oxazole rings is 1. The maximum absolute atomic E-state index is 13.0. The van der Waals surface area contributed by atoms with Crippen molar-refractivity contribution in [2.75, 3.05) is 10.0 Å². The predicted octanol–water partition coefficient (Wildman–Crippen LogP) is 5.65.